The first-order valence-electron chi connectivity index (χ1n) is 8.98. The molecule has 0 amide bonds. The average molecular weight is 401 g/mol. The zero-order valence-electron chi connectivity index (χ0n) is 15.6. The quantitative estimate of drug-likeness (QED) is 0.723. The van der Waals surface area contributed by atoms with Gasteiger partial charge in [0.2, 0.25) is 5.95 Å². The lowest BCUT2D eigenvalue weighted by atomic mass is 10.0. The molecule has 0 atom stereocenters. The van der Waals surface area contributed by atoms with Gasteiger partial charge in [0.25, 0.3) is 0 Å². The Morgan fingerprint density at radius 2 is 1.93 bits per heavy atom. The summed E-state index contributed by atoms with van der Waals surface area (Å²) in [6.45, 7) is 4.25. The zero-order chi connectivity index (χ0) is 19.9. The first-order valence-corrected chi connectivity index (χ1v) is 10.8. The highest BCUT2D eigenvalue weighted by atomic mass is 32.2. The number of fused-ring (bicyclic) bond motifs is 1. The molecule has 0 fully saturated rings. The minimum Gasteiger partial charge on any atom is -0.352 e. The van der Waals surface area contributed by atoms with Gasteiger partial charge in [-0.25, -0.2) is 22.8 Å². The van der Waals surface area contributed by atoms with Crippen molar-refractivity contribution < 1.29 is 12.8 Å². The fourth-order valence-electron chi connectivity index (χ4n) is 3.24. The van der Waals surface area contributed by atoms with Crippen LogP contribution in [0.4, 0.5) is 10.3 Å². The number of aryl methyl sites for hydroxylation is 1. The maximum Gasteiger partial charge on any atom is 0.223 e. The largest absolute Gasteiger partial charge is 0.352 e. The van der Waals surface area contributed by atoms with Crippen molar-refractivity contribution in [3.63, 3.8) is 0 Å². The second-order valence-corrected chi connectivity index (χ2v) is 9.24. The molecule has 0 unspecified atom stereocenters. The van der Waals surface area contributed by atoms with E-state index in [9.17, 15) is 12.8 Å². The highest BCUT2D eigenvalue weighted by molar-refractivity contribution is 7.90. The normalized spacial score (nSPS) is 15.4. The smallest absolute Gasteiger partial charge is 0.223 e. The fourth-order valence-corrected chi connectivity index (χ4v) is 4.54. The van der Waals surface area contributed by atoms with Crippen LogP contribution < -0.4 is 5.32 Å². The topological polar surface area (TPSA) is 89.8 Å². The number of aromatic nitrogens is 4. The third-order valence-electron chi connectivity index (χ3n) is 4.48. The molecule has 0 spiro atoms. The van der Waals surface area contributed by atoms with Crippen LogP contribution in [0.2, 0.25) is 0 Å². The molecule has 1 aliphatic heterocycles. The molecule has 2 aromatic heterocycles. The number of nitrogens with zero attached hydrogens (tertiary/aromatic N) is 4. The lowest BCUT2D eigenvalue weighted by molar-refractivity contribution is 0.556. The Hall–Kier alpha value is -2.81. The van der Waals surface area contributed by atoms with Gasteiger partial charge < -0.3 is 5.32 Å². The van der Waals surface area contributed by atoms with Crippen molar-refractivity contribution in [1.29, 1.82) is 0 Å². The number of hydrogen-bond donors (Lipinski definition) is 1. The van der Waals surface area contributed by atoms with Gasteiger partial charge in [0.05, 0.1) is 35.0 Å². The molecule has 0 saturated heterocycles. The predicted octanol–water partition coefficient (Wildman–Crippen LogP) is 2.89. The van der Waals surface area contributed by atoms with Crippen LogP contribution in [0.25, 0.3) is 22.5 Å². The fraction of sp³-hybridized carbons (Fsp3) is 0.316. The van der Waals surface area contributed by atoms with Crippen LogP contribution in [-0.2, 0) is 22.1 Å². The Labute approximate surface area is 162 Å². The van der Waals surface area contributed by atoms with Gasteiger partial charge in [-0.15, -0.1) is 0 Å². The number of benzene rings is 1. The van der Waals surface area contributed by atoms with Crippen molar-refractivity contribution in [2.75, 3.05) is 11.1 Å². The standard InChI is InChI=1S/C19H20FN5O2S/c1-12(2)22-19-21-8-7-15(23-19)17-16-11-28(26,27)10-9-25(16)24-18(17)13-3-5-14(20)6-4-13/h3-8,12H,9-11H2,1-2H3,(H,21,22,23). The first-order chi connectivity index (χ1) is 13.3. The van der Waals surface area contributed by atoms with E-state index in [-0.39, 0.29) is 29.9 Å². The first kappa shape index (κ1) is 18.5. The number of anilines is 1. The minimum absolute atomic E-state index is 0.0495. The van der Waals surface area contributed by atoms with Crippen molar-refractivity contribution in [3.8, 4) is 22.5 Å². The lowest BCUT2D eigenvalue weighted by Crippen LogP contribution is -2.24. The number of halogens is 1. The Morgan fingerprint density at radius 3 is 2.64 bits per heavy atom. The van der Waals surface area contributed by atoms with Crippen LogP contribution in [0.3, 0.4) is 0 Å². The number of rotatable bonds is 4. The van der Waals surface area contributed by atoms with E-state index in [1.54, 1.807) is 29.1 Å². The summed E-state index contributed by atoms with van der Waals surface area (Å²) in [5.41, 5.74) is 3.11. The van der Waals surface area contributed by atoms with Gasteiger partial charge in [-0.05, 0) is 44.2 Å². The van der Waals surface area contributed by atoms with E-state index in [1.165, 1.54) is 12.1 Å². The molecule has 28 heavy (non-hydrogen) atoms. The summed E-state index contributed by atoms with van der Waals surface area (Å²) in [5, 5.41) is 7.78. The van der Waals surface area contributed by atoms with Gasteiger partial charge in [0.1, 0.15) is 11.5 Å². The molecule has 1 aliphatic rings. The number of sulfone groups is 1. The maximum absolute atomic E-state index is 13.4. The molecule has 3 aromatic rings. The molecule has 1 N–H and O–H groups in total. The SMILES string of the molecule is CC(C)Nc1nccc(-c2c(-c3ccc(F)cc3)nn3c2CS(=O)(=O)CC3)n1. The van der Waals surface area contributed by atoms with Crippen molar-refractivity contribution >= 4 is 15.8 Å². The highest BCUT2D eigenvalue weighted by Crippen LogP contribution is 2.36. The van der Waals surface area contributed by atoms with Gasteiger partial charge >= 0.3 is 0 Å². The van der Waals surface area contributed by atoms with Crippen LogP contribution >= 0.6 is 0 Å². The lowest BCUT2D eigenvalue weighted by Gasteiger charge is -2.15. The molecule has 0 bridgehead atoms. The van der Waals surface area contributed by atoms with E-state index < -0.39 is 9.84 Å². The Balaban J connectivity index is 1.91. The van der Waals surface area contributed by atoms with Gasteiger partial charge in [0, 0.05) is 17.8 Å². The van der Waals surface area contributed by atoms with Gasteiger partial charge in [-0.1, -0.05) is 0 Å². The van der Waals surface area contributed by atoms with Crippen molar-refractivity contribution in [1.82, 2.24) is 19.7 Å². The summed E-state index contributed by atoms with van der Waals surface area (Å²) in [5.74, 6) is 0.0555. The second kappa shape index (κ2) is 6.97. The molecule has 3 heterocycles. The van der Waals surface area contributed by atoms with Crippen molar-refractivity contribution in [2.45, 2.75) is 32.2 Å². The summed E-state index contributed by atoms with van der Waals surface area (Å²) < 4.78 is 39.6. The van der Waals surface area contributed by atoms with E-state index in [0.29, 0.717) is 34.2 Å². The molecule has 7 nitrogen and oxygen atoms in total. The third-order valence-corrected chi connectivity index (χ3v) is 5.99. The van der Waals surface area contributed by atoms with Crippen LogP contribution in [0.5, 0.6) is 0 Å². The Morgan fingerprint density at radius 1 is 1.18 bits per heavy atom. The zero-order valence-corrected chi connectivity index (χ0v) is 16.4. The molecule has 9 heteroatoms. The second-order valence-electron chi connectivity index (χ2n) is 7.06. The third kappa shape index (κ3) is 3.62. The minimum atomic E-state index is -3.21. The van der Waals surface area contributed by atoms with Crippen molar-refractivity contribution in [3.05, 3.63) is 48.0 Å². The molecule has 4 rings (SSSR count). The molecular formula is C19H20FN5O2S. The van der Waals surface area contributed by atoms with Gasteiger partial charge in [0.15, 0.2) is 9.84 Å². The molecule has 0 aliphatic carbocycles. The van der Waals surface area contributed by atoms with Crippen LogP contribution in [0.1, 0.15) is 19.5 Å². The maximum atomic E-state index is 13.4. The monoisotopic (exact) mass is 401 g/mol. The summed E-state index contributed by atoms with van der Waals surface area (Å²) in [4.78, 5) is 8.80. The van der Waals surface area contributed by atoms with Gasteiger partial charge in [-0.3, -0.25) is 4.68 Å². The van der Waals surface area contributed by atoms with E-state index in [0.717, 1.165) is 0 Å². The van der Waals surface area contributed by atoms with E-state index in [1.807, 2.05) is 13.8 Å². The molecule has 1 aromatic carbocycles. The van der Waals surface area contributed by atoms with E-state index >= 15 is 0 Å². The Bertz CT molecular complexity index is 1120. The summed E-state index contributed by atoms with van der Waals surface area (Å²) in [6, 6.07) is 7.87. The Kier molecular flexibility index (Phi) is 4.62. The van der Waals surface area contributed by atoms with Crippen LogP contribution in [-0.4, -0.2) is 40.0 Å². The van der Waals surface area contributed by atoms with E-state index in [2.05, 4.69) is 20.4 Å². The summed E-state index contributed by atoms with van der Waals surface area (Å²) >= 11 is 0. The van der Waals surface area contributed by atoms with Crippen LogP contribution in [0, 0.1) is 5.82 Å². The molecule has 0 radical (unpaired) electrons. The van der Waals surface area contributed by atoms with E-state index in [4.69, 9.17) is 0 Å². The number of nitrogens with one attached hydrogen (secondary N) is 1. The highest BCUT2D eigenvalue weighted by Gasteiger charge is 2.29. The molecule has 0 saturated carbocycles. The molecular weight excluding hydrogens is 381 g/mol. The van der Waals surface area contributed by atoms with Gasteiger partial charge in [-0.2, -0.15) is 5.10 Å². The summed E-state index contributed by atoms with van der Waals surface area (Å²) in [6.07, 6.45) is 1.63. The molecule has 146 valence electrons. The summed E-state index contributed by atoms with van der Waals surface area (Å²) in [7, 11) is -3.21. The van der Waals surface area contributed by atoms with Crippen molar-refractivity contribution in [2.24, 2.45) is 0 Å². The number of hydrogen-bond acceptors (Lipinski definition) is 6. The van der Waals surface area contributed by atoms with Crippen LogP contribution in [0.15, 0.2) is 36.5 Å². The average Bonchev–Trinajstić information content (AvgIpc) is 2.99. The predicted molar refractivity (Wildman–Crippen MR) is 105 cm³/mol.